The molecule has 0 aliphatic heterocycles. The van der Waals surface area contributed by atoms with Gasteiger partial charge in [0.05, 0.1) is 12.2 Å². The van der Waals surface area contributed by atoms with Gasteiger partial charge in [-0.25, -0.2) is 0 Å². The Balaban J connectivity index is 1.99. The van der Waals surface area contributed by atoms with E-state index in [-0.39, 0.29) is 19.3 Å². The molecule has 0 fully saturated rings. The number of aliphatic hydroxyl groups is 1. The van der Waals surface area contributed by atoms with Crippen molar-refractivity contribution in [3.63, 3.8) is 0 Å². The van der Waals surface area contributed by atoms with Crippen LogP contribution >= 0.6 is 0 Å². The van der Waals surface area contributed by atoms with Gasteiger partial charge >= 0.3 is 6.18 Å². The van der Waals surface area contributed by atoms with Crippen molar-refractivity contribution in [1.29, 1.82) is 0 Å². The molecule has 1 unspecified atom stereocenters. The average molecular weight is 339 g/mol. The molecule has 0 bridgehead atoms. The van der Waals surface area contributed by atoms with Gasteiger partial charge in [0.15, 0.2) is 0 Å². The van der Waals surface area contributed by atoms with Crippen molar-refractivity contribution in [1.82, 2.24) is 5.32 Å². The van der Waals surface area contributed by atoms with Gasteiger partial charge in [-0.1, -0.05) is 30.3 Å². The highest BCUT2D eigenvalue weighted by Gasteiger charge is 2.30. The fourth-order valence-electron chi connectivity index (χ4n) is 2.29. The number of aliphatic hydroxyl groups excluding tert-OH is 1. The zero-order valence-corrected chi connectivity index (χ0v) is 13.3. The van der Waals surface area contributed by atoms with Crippen molar-refractivity contribution in [2.24, 2.45) is 0 Å². The van der Waals surface area contributed by atoms with E-state index in [2.05, 4.69) is 5.32 Å². The van der Waals surface area contributed by atoms with Crippen molar-refractivity contribution < 1.29 is 23.0 Å². The van der Waals surface area contributed by atoms with E-state index in [4.69, 9.17) is 9.84 Å². The number of alkyl halides is 3. The van der Waals surface area contributed by atoms with Crippen LogP contribution in [0.4, 0.5) is 13.2 Å². The van der Waals surface area contributed by atoms with E-state index < -0.39 is 11.7 Å². The lowest BCUT2D eigenvalue weighted by atomic mass is 10.1. The third kappa shape index (κ3) is 4.97. The van der Waals surface area contributed by atoms with Crippen molar-refractivity contribution >= 4 is 0 Å². The van der Waals surface area contributed by atoms with Gasteiger partial charge in [0.2, 0.25) is 0 Å². The fourth-order valence-corrected chi connectivity index (χ4v) is 2.29. The van der Waals surface area contributed by atoms with Gasteiger partial charge in [-0.3, -0.25) is 0 Å². The number of hydrogen-bond acceptors (Lipinski definition) is 3. The minimum absolute atomic E-state index is 0.0658. The summed E-state index contributed by atoms with van der Waals surface area (Å²) in [6.45, 7) is 2.54. The maximum Gasteiger partial charge on any atom is 0.416 e. The number of benzene rings is 2. The maximum absolute atomic E-state index is 12.6. The molecule has 0 saturated carbocycles. The average Bonchev–Trinajstić information content (AvgIpc) is 2.58. The van der Waals surface area contributed by atoms with E-state index in [0.29, 0.717) is 12.3 Å². The van der Waals surface area contributed by atoms with Crippen molar-refractivity contribution in [2.45, 2.75) is 25.7 Å². The Bertz CT molecular complexity index is 641. The van der Waals surface area contributed by atoms with Gasteiger partial charge in [-0.2, -0.15) is 13.2 Å². The lowest BCUT2D eigenvalue weighted by Crippen LogP contribution is -2.19. The van der Waals surface area contributed by atoms with Gasteiger partial charge in [-0.05, 0) is 30.7 Å². The van der Waals surface area contributed by atoms with Crippen LogP contribution in [0.25, 0.3) is 0 Å². The number of nitrogens with one attached hydrogen (secondary N) is 1. The molecule has 0 saturated heterocycles. The topological polar surface area (TPSA) is 41.5 Å². The summed E-state index contributed by atoms with van der Waals surface area (Å²) in [5.74, 6) is 0.679. The summed E-state index contributed by atoms with van der Waals surface area (Å²) in [6, 6.07) is 12.5. The zero-order valence-electron chi connectivity index (χ0n) is 13.3. The summed E-state index contributed by atoms with van der Waals surface area (Å²) in [5.41, 5.74) is 1.04. The van der Waals surface area contributed by atoms with Gasteiger partial charge in [-0.15, -0.1) is 0 Å². The lowest BCUT2D eigenvalue weighted by Gasteiger charge is -2.17. The first-order chi connectivity index (χ1) is 11.4. The van der Waals surface area contributed by atoms with Crippen LogP contribution in [0, 0.1) is 0 Å². The molecule has 0 aliphatic carbocycles. The molecule has 0 spiro atoms. The minimum atomic E-state index is -4.32. The molecule has 0 amide bonds. The van der Waals surface area contributed by atoms with Crippen LogP contribution in [0.5, 0.6) is 5.75 Å². The van der Waals surface area contributed by atoms with Gasteiger partial charge < -0.3 is 15.2 Å². The van der Waals surface area contributed by atoms with Gasteiger partial charge in [0, 0.05) is 18.2 Å². The predicted molar refractivity (Wildman–Crippen MR) is 85.7 cm³/mol. The molecule has 2 N–H and O–H groups in total. The van der Waals surface area contributed by atoms with E-state index in [0.717, 1.165) is 23.3 Å². The molecule has 2 aromatic carbocycles. The third-order valence-corrected chi connectivity index (χ3v) is 3.66. The Labute approximate surface area is 139 Å². The number of rotatable bonds is 7. The SMILES string of the molecule is CC(NCc1ccccc1OCCO)c1ccc(C(F)(F)F)cc1. The highest BCUT2D eigenvalue weighted by Crippen LogP contribution is 2.30. The minimum Gasteiger partial charge on any atom is -0.491 e. The second-order valence-electron chi connectivity index (χ2n) is 5.40. The van der Waals surface area contributed by atoms with Crippen LogP contribution < -0.4 is 10.1 Å². The Kier molecular flexibility index (Phi) is 6.23. The summed E-state index contributed by atoms with van der Waals surface area (Å²) < 4.78 is 43.2. The van der Waals surface area contributed by atoms with Crippen molar-refractivity contribution in [3.05, 3.63) is 65.2 Å². The quantitative estimate of drug-likeness (QED) is 0.803. The molecule has 6 heteroatoms. The molecule has 0 radical (unpaired) electrons. The monoisotopic (exact) mass is 339 g/mol. The molecule has 2 aromatic rings. The smallest absolute Gasteiger partial charge is 0.416 e. The van der Waals surface area contributed by atoms with Crippen LogP contribution in [0.3, 0.4) is 0 Å². The highest BCUT2D eigenvalue weighted by atomic mass is 19.4. The van der Waals surface area contributed by atoms with E-state index in [9.17, 15) is 13.2 Å². The number of ether oxygens (including phenoxy) is 1. The van der Waals surface area contributed by atoms with Crippen molar-refractivity contribution in [2.75, 3.05) is 13.2 Å². The van der Waals surface area contributed by atoms with Crippen LogP contribution in [-0.2, 0) is 12.7 Å². The first-order valence-electron chi connectivity index (χ1n) is 7.64. The Morgan fingerprint density at radius 3 is 2.38 bits per heavy atom. The van der Waals surface area contributed by atoms with Crippen LogP contribution in [0.15, 0.2) is 48.5 Å². The standard InChI is InChI=1S/C18H20F3NO2/c1-13(14-6-8-16(9-7-14)18(19,20)21)22-12-15-4-2-3-5-17(15)24-11-10-23/h2-9,13,22-23H,10-12H2,1H3. The summed E-state index contributed by atoms with van der Waals surface area (Å²) in [6.07, 6.45) is -4.32. The first-order valence-corrected chi connectivity index (χ1v) is 7.64. The fraction of sp³-hybridized carbons (Fsp3) is 0.333. The first kappa shape index (κ1) is 18.3. The van der Waals surface area contributed by atoms with E-state index >= 15 is 0 Å². The molecule has 3 nitrogen and oxygen atoms in total. The van der Waals surface area contributed by atoms with Crippen LogP contribution in [-0.4, -0.2) is 18.3 Å². The zero-order chi connectivity index (χ0) is 17.6. The van der Waals surface area contributed by atoms with Crippen LogP contribution in [0.2, 0.25) is 0 Å². The molecule has 2 rings (SSSR count). The molecule has 130 valence electrons. The molecule has 0 heterocycles. The van der Waals surface area contributed by atoms with Crippen molar-refractivity contribution in [3.8, 4) is 5.75 Å². The van der Waals surface area contributed by atoms with E-state index in [1.807, 2.05) is 31.2 Å². The molecular weight excluding hydrogens is 319 g/mol. The molecule has 1 atom stereocenters. The summed E-state index contributed by atoms with van der Waals surface area (Å²) in [5, 5.41) is 12.1. The maximum atomic E-state index is 12.6. The summed E-state index contributed by atoms with van der Waals surface area (Å²) in [7, 11) is 0. The second kappa shape index (κ2) is 8.17. The second-order valence-corrected chi connectivity index (χ2v) is 5.40. The van der Waals surface area contributed by atoms with Crippen LogP contribution in [0.1, 0.15) is 29.7 Å². The Morgan fingerprint density at radius 2 is 1.75 bits per heavy atom. The molecule has 0 aromatic heterocycles. The summed E-state index contributed by atoms with van der Waals surface area (Å²) in [4.78, 5) is 0. The third-order valence-electron chi connectivity index (χ3n) is 3.66. The summed E-state index contributed by atoms with van der Waals surface area (Å²) >= 11 is 0. The van der Waals surface area contributed by atoms with E-state index in [1.54, 1.807) is 0 Å². The Morgan fingerprint density at radius 1 is 1.08 bits per heavy atom. The number of para-hydroxylation sites is 1. The normalized spacial score (nSPS) is 12.9. The lowest BCUT2D eigenvalue weighted by molar-refractivity contribution is -0.137. The predicted octanol–water partition coefficient (Wildman–Crippen LogP) is 3.93. The number of hydrogen-bond donors (Lipinski definition) is 2. The molecular formula is C18H20F3NO2. The molecule has 0 aliphatic rings. The van der Waals surface area contributed by atoms with E-state index in [1.165, 1.54) is 12.1 Å². The highest BCUT2D eigenvalue weighted by molar-refractivity contribution is 5.33. The van der Waals surface area contributed by atoms with Gasteiger partial charge in [0.25, 0.3) is 0 Å². The van der Waals surface area contributed by atoms with Gasteiger partial charge in [0.1, 0.15) is 12.4 Å². The number of halogens is 3. The Hall–Kier alpha value is -2.05. The largest absolute Gasteiger partial charge is 0.491 e. The molecule has 24 heavy (non-hydrogen) atoms.